The second-order valence-corrected chi connectivity index (χ2v) is 7.30. The third-order valence-corrected chi connectivity index (χ3v) is 5.15. The van der Waals surface area contributed by atoms with Crippen LogP contribution in [0.4, 0.5) is 0 Å². The summed E-state index contributed by atoms with van der Waals surface area (Å²) < 4.78 is 5.30. The molecule has 1 aromatic rings. The molecular formula is C21H35N5O2. The number of carbonyl (C=O) groups excluding carboxylic acids is 1. The smallest absolute Gasteiger partial charge is 0.223 e. The van der Waals surface area contributed by atoms with Gasteiger partial charge in [0.15, 0.2) is 5.96 Å². The molecule has 0 spiro atoms. The minimum Gasteiger partial charge on any atom is -0.497 e. The number of hydrogen-bond acceptors (Lipinski definition) is 4. The minimum absolute atomic E-state index is 0.104. The number of carbonyl (C=O) groups is 1. The van der Waals surface area contributed by atoms with Gasteiger partial charge in [0.05, 0.1) is 13.2 Å². The second-order valence-electron chi connectivity index (χ2n) is 7.30. The van der Waals surface area contributed by atoms with E-state index in [-0.39, 0.29) is 11.9 Å². The Hall–Kier alpha value is -2.28. The average molecular weight is 390 g/mol. The molecule has 7 nitrogen and oxygen atoms in total. The highest BCUT2D eigenvalue weighted by atomic mass is 16.5. The molecule has 1 heterocycles. The molecule has 1 fully saturated rings. The summed E-state index contributed by atoms with van der Waals surface area (Å²) in [5, 5.41) is 6.67. The maximum atomic E-state index is 11.7. The van der Waals surface area contributed by atoms with Crippen molar-refractivity contribution in [1.29, 1.82) is 0 Å². The van der Waals surface area contributed by atoms with Gasteiger partial charge < -0.3 is 20.3 Å². The molecule has 1 aromatic carbocycles. The van der Waals surface area contributed by atoms with E-state index in [1.54, 1.807) is 33.2 Å². The van der Waals surface area contributed by atoms with Gasteiger partial charge in [0.25, 0.3) is 0 Å². The predicted octanol–water partition coefficient (Wildman–Crippen LogP) is 1.87. The van der Waals surface area contributed by atoms with Gasteiger partial charge in [-0.25, -0.2) is 0 Å². The topological polar surface area (TPSA) is 69.2 Å². The molecule has 0 aliphatic carbocycles. The van der Waals surface area contributed by atoms with Crippen LogP contribution in [0.15, 0.2) is 29.3 Å². The summed E-state index contributed by atoms with van der Waals surface area (Å²) in [4.78, 5) is 20.2. The third kappa shape index (κ3) is 6.71. The summed E-state index contributed by atoms with van der Waals surface area (Å²) in [7, 11) is 6.99. The van der Waals surface area contributed by atoms with Crippen LogP contribution in [0.1, 0.15) is 37.3 Å². The highest BCUT2D eigenvalue weighted by Gasteiger charge is 2.22. The Balaban J connectivity index is 1.97. The van der Waals surface area contributed by atoms with Gasteiger partial charge in [0.2, 0.25) is 5.91 Å². The van der Waals surface area contributed by atoms with E-state index in [0.29, 0.717) is 13.0 Å². The maximum Gasteiger partial charge on any atom is 0.223 e. The van der Waals surface area contributed by atoms with Gasteiger partial charge in [-0.05, 0) is 43.6 Å². The van der Waals surface area contributed by atoms with Crippen LogP contribution in [-0.4, -0.2) is 76.1 Å². The zero-order valence-corrected chi connectivity index (χ0v) is 17.7. The zero-order chi connectivity index (χ0) is 20.4. The van der Waals surface area contributed by atoms with E-state index in [1.807, 2.05) is 12.1 Å². The molecule has 1 amide bonds. The van der Waals surface area contributed by atoms with Crippen LogP contribution >= 0.6 is 0 Å². The number of piperidine rings is 1. The van der Waals surface area contributed by atoms with Crippen molar-refractivity contribution in [2.75, 3.05) is 54.4 Å². The molecule has 1 atom stereocenters. The van der Waals surface area contributed by atoms with Crippen LogP contribution in [0, 0.1) is 0 Å². The molecule has 0 saturated carbocycles. The van der Waals surface area contributed by atoms with Crippen LogP contribution in [-0.2, 0) is 4.79 Å². The molecule has 2 rings (SSSR count). The molecule has 7 heteroatoms. The number of methoxy groups -OCH3 is 1. The number of likely N-dealkylation sites (tertiary alicyclic amines) is 1. The number of ether oxygens (including phenoxy) is 1. The number of nitrogens with one attached hydrogen (secondary N) is 2. The van der Waals surface area contributed by atoms with Gasteiger partial charge in [-0.3, -0.25) is 14.7 Å². The molecule has 1 aliphatic heterocycles. The third-order valence-electron chi connectivity index (χ3n) is 5.15. The number of benzene rings is 1. The number of amides is 1. The first-order chi connectivity index (χ1) is 13.5. The summed E-state index contributed by atoms with van der Waals surface area (Å²) in [6.45, 7) is 3.55. The van der Waals surface area contributed by atoms with E-state index in [0.717, 1.165) is 31.3 Å². The summed E-state index contributed by atoms with van der Waals surface area (Å²) in [6, 6.07) is 8.60. The molecule has 2 N–H and O–H groups in total. The van der Waals surface area contributed by atoms with E-state index in [1.165, 1.54) is 24.8 Å². The largest absolute Gasteiger partial charge is 0.497 e. The highest BCUT2D eigenvalue weighted by molar-refractivity contribution is 5.81. The fraction of sp³-hybridized carbons (Fsp3) is 0.619. The Morgan fingerprint density at radius 2 is 1.86 bits per heavy atom. The van der Waals surface area contributed by atoms with Crippen molar-refractivity contribution in [3.05, 3.63) is 29.8 Å². The Morgan fingerprint density at radius 3 is 2.43 bits per heavy atom. The van der Waals surface area contributed by atoms with Gasteiger partial charge in [-0.2, -0.15) is 0 Å². The van der Waals surface area contributed by atoms with E-state index in [4.69, 9.17) is 4.74 Å². The van der Waals surface area contributed by atoms with Crippen LogP contribution in [0.5, 0.6) is 5.75 Å². The van der Waals surface area contributed by atoms with Crippen molar-refractivity contribution in [2.24, 2.45) is 4.99 Å². The first-order valence-corrected chi connectivity index (χ1v) is 10.1. The fourth-order valence-electron chi connectivity index (χ4n) is 3.44. The Labute approximate surface area is 169 Å². The lowest BCUT2D eigenvalue weighted by atomic mass is 10.0. The number of guanidine groups is 1. The van der Waals surface area contributed by atoms with E-state index < -0.39 is 0 Å². The molecule has 0 bridgehead atoms. The van der Waals surface area contributed by atoms with Crippen molar-refractivity contribution in [2.45, 2.75) is 31.7 Å². The number of nitrogens with zero attached hydrogens (tertiary/aromatic N) is 3. The first-order valence-electron chi connectivity index (χ1n) is 10.1. The molecule has 1 saturated heterocycles. The molecule has 0 aromatic heterocycles. The lowest BCUT2D eigenvalue weighted by molar-refractivity contribution is -0.128. The molecule has 0 radical (unpaired) electrons. The van der Waals surface area contributed by atoms with Crippen molar-refractivity contribution < 1.29 is 9.53 Å². The second kappa shape index (κ2) is 11.5. The number of hydrogen-bond donors (Lipinski definition) is 2. The van der Waals surface area contributed by atoms with Crippen LogP contribution in [0.25, 0.3) is 0 Å². The number of rotatable bonds is 8. The van der Waals surface area contributed by atoms with Crippen molar-refractivity contribution >= 4 is 11.9 Å². The monoisotopic (exact) mass is 389 g/mol. The summed E-state index contributed by atoms with van der Waals surface area (Å²) in [5.74, 6) is 1.70. The van der Waals surface area contributed by atoms with Crippen LogP contribution in [0.3, 0.4) is 0 Å². The van der Waals surface area contributed by atoms with Gasteiger partial charge in [0.1, 0.15) is 5.75 Å². The van der Waals surface area contributed by atoms with Gasteiger partial charge in [-0.1, -0.05) is 18.6 Å². The summed E-state index contributed by atoms with van der Waals surface area (Å²) in [5.41, 5.74) is 1.27. The molecule has 1 unspecified atom stereocenters. The standard InChI is InChI=1S/C21H35N5O2/c1-22-21(23-13-12-20(27)25(2)3)24-16-19(26-14-6-5-7-15-26)17-8-10-18(28-4)11-9-17/h8-11,19H,5-7,12-16H2,1-4H3,(H2,22,23,24). The SMILES string of the molecule is CN=C(NCCC(=O)N(C)C)NCC(c1ccc(OC)cc1)N1CCCCC1. The summed E-state index contributed by atoms with van der Waals surface area (Å²) in [6.07, 6.45) is 4.24. The van der Waals surface area contributed by atoms with Gasteiger partial charge >= 0.3 is 0 Å². The van der Waals surface area contributed by atoms with E-state index in [2.05, 4.69) is 32.7 Å². The van der Waals surface area contributed by atoms with Crippen molar-refractivity contribution in [3.8, 4) is 5.75 Å². The predicted molar refractivity (Wildman–Crippen MR) is 114 cm³/mol. The van der Waals surface area contributed by atoms with Gasteiger partial charge in [0, 0.05) is 40.7 Å². The molecular weight excluding hydrogens is 354 g/mol. The average Bonchev–Trinajstić information content (AvgIpc) is 2.73. The van der Waals surface area contributed by atoms with Crippen molar-refractivity contribution in [3.63, 3.8) is 0 Å². The fourth-order valence-corrected chi connectivity index (χ4v) is 3.44. The Bertz CT molecular complexity index is 624. The Kier molecular flexibility index (Phi) is 9.07. The highest BCUT2D eigenvalue weighted by Crippen LogP contribution is 2.25. The minimum atomic E-state index is 0.104. The quantitative estimate of drug-likeness (QED) is 0.525. The lowest BCUT2D eigenvalue weighted by Gasteiger charge is -2.35. The molecule has 1 aliphatic rings. The maximum absolute atomic E-state index is 11.7. The van der Waals surface area contributed by atoms with Crippen molar-refractivity contribution in [1.82, 2.24) is 20.4 Å². The van der Waals surface area contributed by atoms with Crippen LogP contribution < -0.4 is 15.4 Å². The summed E-state index contributed by atoms with van der Waals surface area (Å²) >= 11 is 0. The first kappa shape index (κ1) is 22.0. The molecule has 28 heavy (non-hydrogen) atoms. The Morgan fingerprint density at radius 1 is 1.18 bits per heavy atom. The van der Waals surface area contributed by atoms with Crippen LogP contribution in [0.2, 0.25) is 0 Å². The normalized spacial score (nSPS) is 16.4. The molecule has 156 valence electrons. The number of aliphatic imine (C=N–C) groups is 1. The van der Waals surface area contributed by atoms with E-state index in [9.17, 15) is 4.79 Å². The van der Waals surface area contributed by atoms with Gasteiger partial charge in [-0.15, -0.1) is 0 Å². The lowest BCUT2D eigenvalue weighted by Crippen LogP contribution is -2.45. The van der Waals surface area contributed by atoms with E-state index >= 15 is 0 Å². The zero-order valence-electron chi connectivity index (χ0n) is 17.7.